The Kier molecular flexibility index (Phi) is 6.73. The van der Waals surface area contributed by atoms with E-state index in [1.54, 1.807) is 0 Å². The zero-order valence-electron chi connectivity index (χ0n) is 18.0. The van der Waals surface area contributed by atoms with Crippen LogP contribution in [0.25, 0.3) is 11.5 Å². The highest BCUT2D eigenvalue weighted by Gasteiger charge is 2.27. The SMILES string of the molecule is Cc1ccc(CNC(=O)C2CCCN(Cc3nc(-c4cccc(Cl)c4)oc3C)C2)cc1. The average Bonchev–Trinajstić information content (AvgIpc) is 3.13. The Morgan fingerprint density at radius 2 is 2.03 bits per heavy atom. The molecule has 0 saturated carbocycles. The van der Waals surface area contributed by atoms with E-state index >= 15 is 0 Å². The second kappa shape index (κ2) is 9.67. The molecule has 1 aromatic heterocycles. The van der Waals surface area contributed by atoms with E-state index in [1.807, 2.05) is 31.2 Å². The van der Waals surface area contributed by atoms with E-state index in [1.165, 1.54) is 5.56 Å². The van der Waals surface area contributed by atoms with Gasteiger partial charge in [-0.05, 0) is 57.0 Å². The van der Waals surface area contributed by atoms with Gasteiger partial charge in [-0.3, -0.25) is 9.69 Å². The molecule has 2 heterocycles. The van der Waals surface area contributed by atoms with Gasteiger partial charge in [0.25, 0.3) is 0 Å². The lowest BCUT2D eigenvalue weighted by Crippen LogP contribution is -2.42. The van der Waals surface area contributed by atoms with Crippen molar-refractivity contribution in [2.75, 3.05) is 13.1 Å². The summed E-state index contributed by atoms with van der Waals surface area (Å²) in [6.45, 7) is 6.94. The topological polar surface area (TPSA) is 58.4 Å². The van der Waals surface area contributed by atoms with Crippen LogP contribution in [-0.4, -0.2) is 28.9 Å². The van der Waals surface area contributed by atoms with Crippen molar-refractivity contribution in [1.82, 2.24) is 15.2 Å². The molecule has 0 spiro atoms. The molecule has 5 nitrogen and oxygen atoms in total. The lowest BCUT2D eigenvalue weighted by Gasteiger charge is -2.31. The lowest BCUT2D eigenvalue weighted by atomic mass is 9.97. The van der Waals surface area contributed by atoms with Gasteiger partial charge in [-0.1, -0.05) is 47.5 Å². The fraction of sp³-hybridized carbons (Fsp3) is 0.360. The Balaban J connectivity index is 1.35. The van der Waals surface area contributed by atoms with Gasteiger partial charge in [0.15, 0.2) is 0 Å². The van der Waals surface area contributed by atoms with E-state index in [0.29, 0.717) is 24.0 Å². The first-order valence-electron chi connectivity index (χ1n) is 10.8. The number of hydrogen-bond acceptors (Lipinski definition) is 4. The summed E-state index contributed by atoms with van der Waals surface area (Å²) >= 11 is 6.10. The maximum absolute atomic E-state index is 12.7. The largest absolute Gasteiger partial charge is 0.441 e. The van der Waals surface area contributed by atoms with Crippen LogP contribution in [0.2, 0.25) is 5.02 Å². The molecule has 0 aliphatic carbocycles. The second-order valence-electron chi connectivity index (χ2n) is 8.31. The van der Waals surface area contributed by atoms with Crippen LogP contribution in [0.5, 0.6) is 0 Å². The number of likely N-dealkylation sites (tertiary alicyclic amines) is 1. The second-order valence-corrected chi connectivity index (χ2v) is 8.75. The van der Waals surface area contributed by atoms with Crippen molar-refractivity contribution in [2.45, 2.75) is 39.8 Å². The summed E-state index contributed by atoms with van der Waals surface area (Å²) in [5, 5.41) is 3.76. The molecule has 1 atom stereocenters. The fourth-order valence-electron chi connectivity index (χ4n) is 3.98. The highest BCUT2D eigenvalue weighted by molar-refractivity contribution is 6.30. The summed E-state index contributed by atoms with van der Waals surface area (Å²) in [6.07, 6.45) is 1.92. The Hall–Kier alpha value is -2.63. The number of carbonyl (C=O) groups is 1. The minimum absolute atomic E-state index is 0.00111. The fourth-order valence-corrected chi connectivity index (χ4v) is 4.17. The Labute approximate surface area is 188 Å². The number of piperidine rings is 1. The van der Waals surface area contributed by atoms with Crippen LogP contribution in [0.15, 0.2) is 52.9 Å². The van der Waals surface area contributed by atoms with Gasteiger partial charge in [0.1, 0.15) is 5.76 Å². The Morgan fingerprint density at radius 3 is 2.81 bits per heavy atom. The van der Waals surface area contributed by atoms with Gasteiger partial charge in [0, 0.05) is 30.2 Å². The van der Waals surface area contributed by atoms with Gasteiger partial charge in [-0.2, -0.15) is 0 Å². The molecule has 2 aromatic carbocycles. The first-order valence-corrected chi connectivity index (χ1v) is 11.1. The van der Waals surface area contributed by atoms with Gasteiger partial charge in [-0.15, -0.1) is 0 Å². The molecule has 3 aromatic rings. The van der Waals surface area contributed by atoms with E-state index in [4.69, 9.17) is 21.0 Å². The van der Waals surface area contributed by atoms with Crippen molar-refractivity contribution in [1.29, 1.82) is 0 Å². The summed E-state index contributed by atoms with van der Waals surface area (Å²) in [5.74, 6) is 1.51. The molecule has 1 unspecified atom stereocenters. The molecule has 1 amide bonds. The van der Waals surface area contributed by atoms with Crippen LogP contribution in [0.3, 0.4) is 0 Å². The van der Waals surface area contributed by atoms with Gasteiger partial charge in [-0.25, -0.2) is 4.98 Å². The van der Waals surface area contributed by atoms with Gasteiger partial charge in [0.05, 0.1) is 11.6 Å². The number of amides is 1. The summed E-state index contributed by atoms with van der Waals surface area (Å²) in [4.78, 5) is 19.7. The van der Waals surface area contributed by atoms with Crippen molar-refractivity contribution < 1.29 is 9.21 Å². The van der Waals surface area contributed by atoms with E-state index < -0.39 is 0 Å². The van der Waals surface area contributed by atoms with Gasteiger partial charge in [0.2, 0.25) is 11.8 Å². The molecular weight excluding hydrogens is 410 g/mol. The van der Waals surface area contributed by atoms with Crippen molar-refractivity contribution in [3.8, 4) is 11.5 Å². The predicted molar refractivity (Wildman–Crippen MR) is 123 cm³/mol. The van der Waals surface area contributed by atoms with Crippen molar-refractivity contribution in [3.63, 3.8) is 0 Å². The minimum Gasteiger partial charge on any atom is -0.441 e. The number of oxazole rings is 1. The number of rotatable bonds is 6. The molecule has 1 fully saturated rings. The first kappa shape index (κ1) is 21.6. The van der Waals surface area contributed by atoms with E-state index in [0.717, 1.165) is 48.5 Å². The zero-order valence-corrected chi connectivity index (χ0v) is 18.8. The average molecular weight is 438 g/mol. The molecule has 1 aliphatic rings. The third kappa shape index (κ3) is 5.54. The van der Waals surface area contributed by atoms with Crippen molar-refractivity contribution >= 4 is 17.5 Å². The number of carbonyl (C=O) groups excluding carboxylic acids is 1. The standard InChI is InChI=1S/C25H28ClN3O2/c1-17-8-10-19(11-9-17)14-27-24(30)21-6-4-12-29(15-21)16-23-18(2)31-25(28-23)20-5-3-7-22(26)13-20/h3,5,7-11,13,21H,4,6,12,14-16H2,1-2H3,(H,27,30). The summed E-state index contributed by atoms with van der Waals surface area (Å²) in [7, 11) is 0. The summed E-state index contributed by atoms with van der Waals surface area (Å²) in [5.41, 5.74) is 4.13. The molecule has 4 rings (SSSR count). The summed E-state index contributed by atoms with van der Waals surface area (Å²) in [6, 6.07) is 15.8. The minimum atomic E-state index is -0.00111. The Morgan fingerprint density at radius 1 is 1.23 bits per heavy atom. The first-order chi connectivity index (χ1) is 15.0. The molecule has 31 heavy (non-hydrogen) atoms. The van der Waals surface area contributed by atoms with Gasteiger partial charge >= 0.3 is 0 Å². The van der Waals surface area contributed by atoms with Crippen LogP contribution >= 0.6 is 11.6 Å². The number of aromatic nitrogens is 1. The predicted octanol–water partition coefficient (Wildman–Crippen LogP) is 5.14. The molecule has 0 radical (unpaired) electrons. The molecule has 6 heteroatoms. The number of aryl methyl sites for hydroxylation is 2. The molecule has 0 bridgehead atoms. The van der Waals surface area contributed by atoms with Crippen LogP contribution in [0.4, 0.5) is 0 Å². The number of hydrogen-bond donors (Lipinski definition) is 1. The molecular formula is C25H28ClN3O2. The van der Waals surface area contributed by atoms with Crippen molar-refractivity contribution in [2.24, 2.45) is 5.92 Å². The highest BCUT2D eigenvalue weighted by atomic mass is 35.5. The molecule has 1 saturated heterocycles. The Bertz CT molecular complexity index is 1050. The van der Waals surface area contributed by atoms with Crippen molar-refractivity contribution in [3.05, 3.63) is 76.1 Å². The highest BCUT2D eigenvalue weighted by Crippen LogP contribution is 2.26. The maximum atomic E-state index is 12.7. The quantitative estimate of drug-likeness (QED) is 0.580. The monoisotopic (exact) mass is 437 g/mol. The molecule has 1 N–H and O–H groups in total. The number of benzene rings is 2. The van der Waals surface area contributed by atoms with E-state index in [9.17, 15) is 4.79 Å². The van der Waals surface area contributed by atoms with Crippen LogP contribution in [0, 0.1) is 19.8 Å². The third-order valence-electron chi connectivity index (χ3n) is 5.80. The maximum Gasteiger partial charge on any atom is 0.226 e. The molecule has 162 valence electrons. The van der Waals surface area contributed by atoms with Crippen LogP contribution in [0.1, 0.15) is 35.4 Å². The smallest absolute Gasteiger partial charge is 0.226 e. The summed E-state index contributed by atoms with van der Waals surface area (Å²) < 4.78 is 5.89. The third-order valence-corrected chi connectivity index (χ3v) is 6.04. The van der Waals surface area contributed by atoms with Crippen LogP contribution < -0.4 is 5.32 Å². The number of nitrogens with one attached hydrogen (secondary N) is 1. The number of halogens is 1. The van der Waals surface area contributed by atoms with Gasteiger partial charge < -0.3 is 9.73 Å². The van der Waals surface area contributed by atoms with E-state index in [2.05, 4.69) is 41.4 Å². The van der Waals surface area contributed by atoms with E-state index in [-0.39, 0.29) is 11.8 Å². The zero-order chi connectivity index (χ0) is 21.8. The lowest BCUT2D eigenvalue weighted by molar-refractivity contribution is -0.127. The molecule has 1 aliphatic heterocycles. The normalized spacial score (nSPS) is 16.9. The number of nitrogens with zero attached hydrogens (tertiary/aromatic N) is 2. The van der Waals surface area contributed by atoms with Crippen LogP contribution in [-0.2, 0) is 17.9 Å².